The van der Waals surface area contributed by atoms with Crippen molar-refractivity contribution >= 4 is 21.8 Å². The minimum Gasteiger partial charge on any atom is -0.497 e. The highest BCUT2D eigenvalue weighted by Crippen LogP contribution is 2.24. The SMILES string of the molecule is COc1ccc(Br)c(C(=O)NC(C)c2cc(C)ccc2C)c1. The maximum absolute atomic E-state index is 12.5. The van der Waals surface area contributed by atoms with Gasteiger partial charge < -0.3 is 10.1 Å². The number of hydrogen-bond acceptors (Lipinski definition) is 2. The summed E-state index contributed by atoms with van der Waals surface area (Å²) in [5.74, 6) is 0.534. The lowest BCUT2D eigenvalue weighted by molar-refractivity contribution is 0.0938. The third-order valence-corrected chi connectivity index (χ3v) is 4.36. The van der Waals surface area contributed by atoms with Crippen molar-refractivity contribution in [2.75, 3.05) is 7.11 Å². The molecule has 2 rings (SSSR count). The molecular formula is C18H20BrNO2. The van der Waals surface area contributed by atoms with Crippen LogP contribution in [0, 0.1) is 13.8 Å². The molecule has 0 saturated carbocycles. The van der Waals surface area contributed by atoms with Gasteiger partial charge in [0.25, 0.3) is 5.91 Å². The summed E-state index contributed by atoms with van der Waals surface area (Å²) in [6, 6.07) is 11.6. The molecule has 2 aromatic carbocycles. The number of carbonyl (C=O) groups excluding carboxylic acids is 1. The first-order valence-electron chi connectivity index (χ1n) is 7.14. The Bertz CT molecular complexity index is 697. The van der Waals surface area contributed by atoms with E-state index in [1.165, 1.54) is 11.1 Å². The molecule has 4 heteroatoms. The van der Waals surface area contributed by atoms with Gasteiger partial charge in [-0.05, 0) is 66.0 Å². The van der Waals surface area contributed by atoms with Gasteiger partial charge >= 0.3 is 0 Å². The monoisotopic (exact) mass is 361 g/mol. The van der Waals surface area contributed by atoms with E-state index in [4.69, 9.17) is 4.74 Å². The standard InChI is InChI=1S/C18H20BrNO2/c1-11-5-6-12(2)15(9-11)13(3)20-18(21)16-10-14(22-4)7-8-17(16)19/h5-10,13H,1-4H3,(H,20,21). The second-order valence-electron chi connectivity index (χ2n) is 5.40. The Morgan fingerprint density at radius 3 is 2.59 bits per heavy atom. The highest BCUT2D eigenvalue weighted by molar-refractivity contribution is 9.10. The van der Waals surface area contributed by atoms with Gasteiger partial charge in [0.1, 0.15) is 5.75 Å². The van der Waals surface area contributed by atoms with Gasteiger partial charge in [-0.25, -0.2) is 0 Å². The fourth-order valence-corrected chi connectivity index (χ4v) is 2.81. The van der Waals surface area contributed by atoms with E-state index < -0.39 is 0 Å². The molecule has 0 aliphatic heterocycles. The first kappa shape index (κ1) is 16.6. The number of carbonyl (C=O) groups is 1. The Morgan fingerprint density at radius 1 is 1.18 bits per heavy atom. The molecule has 1 unspecified atom stereocenters. The lowest BCUT2D eigenvalue weighted by atomic mass is 9.99. The van der Waals surface area contributed by atoms with Crippen LogP contribution in [0.25, 0.3) is 0 Å². The third kappa shape index (κ3) is 3.69. The van der Waals surface area contributed by atoms with Crippen LogP contribution in [0.2, 0.25) is 0 Å². The Hall–Kier alpha value is -1.81. The summed E-state index contributed by atoms with van der Waals surface area (Å²) in [4.78, 5) is 12.5. The lowest BCUT2D eigenvalue weighted by Gasteiger charge is -2.18. The topological polar surface area (TPSA) is 38.3 Å². The third-order valence-electron chi connectivity index (χ3n) is 3.67. The van der Waals surface area contributed by atoms with E-state index in [1.54, 1.807) is 13.2 Å². The summed E-state index contributed by atoms with van der Waals surface area (Å²) in [7, 11) is 1.59. The number of methoxy groups -OCH3 is 1. The van der Waals surface area contributed by atoms with Gasteiger partial charge in [-0.2, -0.15) is 0 Å². The van der Waals surface area contributed by atoms with E-state index in [0.717, 1.165) is 10.0 Å². The predicted octanol–water partition coefficient (Wildman–Crippen LogP) is 4.57. The second-order valence-corrected chi connectivity index (χ2v) is 6.26. The van der Waals surface area contributed by atoms with E-state index in [2.05, 4.69) is 53.3 Å². The number of ether oxygens (including phenoxy) is 1. The van der Waals surface area contributed by atoms with Crippen molar-refractivity contribution in [3.05, 3.63) is 63.1 Å². The Balaban J connectivity index is 2.23. The van der Waals surface area contributed by atoms with Crippen molar-refractivity contribution in [1.29, 1.82) is 0 Å². The summed E-state index contributed by atoms with van der Waals surface area (Å²) in [5, 5.41) is 3.05. The fourth-order valence-electron chi connectivity index (χ4n) is 2.38. The van der Waals surface area contributed by atoms with Crippen LogP contribution in [0.1, 0.15) is 40.0 Å². The number of nitrogens with one attached hydrogen (secondary N) is 1. The Morgan fingerprint density at radius 2 is 1.91 bits per heavy atom. The quantitative estimate of drug-likeness (QED) is 0.866. The average molecular weight is 362 g/mol. The molecule has 0 spiro atoms. The summed E-state index contributed by atoms with van der Waals surface area (Å²) in [6.45, 7) is 6.10. The minimum atomic E-state index is -0.126. The maximum atomic E-state index is 12.5. The van der Waals surface area contributed by atoms with Crippen molar-refractivity contribution in [2.45, 2.75) is 26.8 Å². The second kappa shape index (κ2) is 6.97. The molecular weight excluding hydrogens is 342 g/mol. The molecule has 0 radical (unpaired) electrons. The molecule has 3 nitrogen and oxygen atoms in total. The zero-order valence-corrected chi connectivity index (χ0v) is 14.8. The highest BCUT2D eigenvalue weighted by atomic mass is 79.9. The lowest BCUT2D eigenvalue weighted by Crippen LogP contribution is -2.27. The number of aryl methyl sites for hydroxylation is 2. The Labute approximate surface area is 139 Å². The highest BCUT2D eigenvalue weighted by Gasteiger charge is 2.16. The van der Waals surface area contributed by atoms with Crippen LogP contribution in [-0.4, -0.2) is 13.0 Å². The summed E-state index contributed by atoms with van der Waals surface area (Å²) >= 11 is 3.42. The molecule has 2 aromatic rings. The van der Waals surface area contributed by atoms with Gasteiger partial charge in [-0.3, -0.25) is 4.79 Å². The molecule has 0 fully saturated rings. The molecule has 0 saturated heterocycles. The molecule has 1 amide bonds. The van der Waals surface area contributed by atoms with E-state index in [0.29, 0.717) is 11.3 Å². The van der Waals surface area contributed by atoms with Crippen molar-refractivity contribution in [2.24, 2.45) is 0 Å². The van der Waals surface area contributed by atoms with Crippen molar-refractivity contribution in [1.82, 2.24) is 5.32 Å². The maximum Gasteiger partial charge on any atom is 0.253 e. The molecule has 0 heterocycles. The molecule has 22 heavy (non-hydrogen) atoms. The number of halogens is 1. The average Bonchev–Trinajstić information content (AvgIpc) is 2.50. The molecule has 116 valence electrons. The smallest absolute Gasteiger partial charge is 0.253 e. The van der Waals surface area contributed by atoms with Crippen LogP contribution >= 0.6 is 15.9 Å². The fraction of sp³-hybridized carbons (Fsp3) is 0.278. The van der Waals surface area contributed by atoms with Crippen molar-refractivity contribution < 1.29 is 9.53 Å². The minimum absolute atomic E-state index is 0.0644. The number of rotatable bonds is 4. The van der Waals surface area contributed by atoms with Gasteiger partial charge in [-0.15, -0.1) is 0 Å². The molecule has 0 bridgehead atoms. The van der Waals surface area contributed by atoms with Crippen LogP contribution in [0.5, 0.6) is 5.75 Å². The number of amides is 1. The molecule has 0 aliphatic rings. The van der Waals surface area contributed by atoms with Gasteiger partial charge in [0.05, 0.1) is 18.7 Å². The molecule has 1 N–H and O–H groups in total. The molecule has 0 aliphatic carbocycles. The van der Waals surface area contributed by atoms with Crippen LogP contribution in [0.3, 0.4) is 0 Å². The van der Waals surface area contributed by atoms with Crippen LogP contribution in [-0.2, 0) is 0 Å². The van der Waals surface area contributed by atoms with Gasteiger partial charge in [-0.1, -0.05) is 23.8 Å². The predicted molar refractivity (Wildman–Crippen MR) is 92.5 cm³/mol. The summed E-state index contributed by atoms with van der Waals surface area (Å²) < 4.78 is 5.93. The zero-order valence-electron chi connectivity index (χ0n) is 13.2. The Kier molecular flexibility index (Phi) is 5.24. The van der Waals surface area contributed by atoms with Gasteiger partial charge in [0.15, 0.2) is 0 Å². The van der Waals surface area contributed by atoms with Crippen LogP contribution < -0.4 is 10.1 Å². The van der Waals surface area contributed by atoms with Crippen molar-refractivity contribution in [3.8, 4) is 5.75 Å². The van der Waals surface area contributed by atoms with E-state index >= 15 is 0 Å². The summed E-state index contributed by atoms with van der Waals surface area (Å²) in [5.41, 5.74) is 4.05. The molecule has 0 aromatic heterocycles. The van der Waals surface area contributed by atoms with E-state index in [-0.39, 0.29) is 11.9 Å². The van der Waals surface area contributed by atoms with Crippen molar-refractivity contribution in [3.63, 3.8) is 0 Å². The number of benzene rings is 2. The first-order chi connectivity index (χ1) is 10.4. The summed E-state index contributed by atoms with van der Waals surface area (Å²) in [6.07, 6.45) is 0. The first-order valence-corrected chi connectivity index (χ1v) is 7.93. The molecule has 1 atom stereocenters. The van der Waals surface area contributed by atoms with Gasteiger partial charge in [0.2, 0.25) is 0 Å². The zero-order chi connectivity index (χ0) is 16.3. The normalized spacial score (nSPS) is 11.9. The number of hydrogen-bond donors (Lipinski definition) is 1. The largest absolute Gasteiger partial charge is 0.497 e. The van der Waals surface area contributed by atoms with Crippen LogP contribution in [0.4, 0.5) is 0 Å². The van der Waals surface area contributed by atoms with Gasteiger partial charge in [0, 0.05) is 4.47 Å². The van der Waals surface area contributed by atoms with E-state index in [9.17, 15) is 4.79 Å². The van der Waals surface area contributed by atoms with Crippen LogP contribution in [0.15, 0.2) is 40.9 Å². The van der Waals surface area contributed by atoms with E-state index in [1.807, 2.05) is 19.1 Å².